The highest BCUT2D eigenvalue weighted by Gasteiger charge is 2.29. The minimum absolute atomic E-state index is 0.0531. The first-order chi connectivity index (χ1) is 13.9. The number of nitrogens with zero attached hydrogens (tertiary/aromatic N) is 1. The molecule has 1 unspecified atom stereocenters. The Kier molecular flexibility index (Phi) is 7.38. The summed E-state index contributed by atoms with van der Waals surface area (Å²) in [6, 6.07) is 9.19. The van der Waals surface area contributed by atoms with E-state index in [-0.39, 0.29) is 23.0 Å². The molecular weight excluding hydrogens is 402 g/mol. The Hall–Kier alpha value is -2.71. The predicted molar refractivity (Wildman–Crippen MR) is 118 cm³/mol. The molecule has 0 aliphatic rings. The van der Waals surface area contributed by atoms with Gasteiger partial charge >= 0.3 is 6.16 Å². The number of carbonyl (C=O) groups excluding carboxylic acids is 1. The molecule has 1 atom stereocenters. The van der Waals surface area contributed by atoms with Crippen molar-refractivity contribution in [3.05, 3.63) is 63.2 Å². The van der Waals surface area contributed by atoms with Crippen LogP contribution in [0.25, 0.3) is 0 Å². The van der Waals surface area contributed by atoms with Crippen molar-refractivity contribution >= 4 is 20.9 Å². The molecule has 0 amide bonds. The minimum Gasteiger partial charge on any atom is -0.413 e. The van der Waals surface area contributed by atoms with Crippen LogP contribution in [0.15, 0.2) is 36.4 Å². The second kappa shape index (κ2) is 9.40. The number of aryl methyl sites for hydroxylation is 2. The van der Waals surface area contributed by atoms with Crippen molar-refractivity contribution in [3.63, 3.8) is 0 Å². The van der Waals surface area contributed by atoms with Crippen LogP contribution in [0.2, 0.25) is 13.1 Å². The highest BCUT2D eigenvalue weighted by Crippen LogP contribution is 2.39. The Morgan fingerprint density at radius 1 is 1.03 bits per heavy atom. The lowest BCUT2D eigenvalue weighted by Crippen LogP contribution is -2.26. The standard InChI is InChI=1S/C22H29NO6Si/c1-14-12-16(20(22(3,4)5)29-30(6)7)13-15(2)19(14)28-21(24)27-18-10-8-17(9-11-18)23(25)26/h8-13,20,30H,1-7H3. The van der Waals surface area contributed by atoms with Gasteiger partial charge in [-0.25, -0.2) is 4.79 Å². The molecule has 162 valence electrons. The zero-order valence-electron chi connectivity index (χ0n) is 18.5. The van der Waals surface area contributed by atoms with Crippen LogP contribution >= 0.6 is 0 Å². The molecule has 0 radical (unpaired) electrons. The van der Waals surface area contributed by atoms with Crippen molar-refractivity contribution in [1.82, 2.24) is 0 Å². The number of hydrogen-bond donors (Lipinski definition) is 0. The fraction of sp³-hybridized carbons (Fsp3) is 0.409. The van der Waals surface area contributed by atoms with E-state index in [1.807, 2.05) is 26.0 Å². The Morgan fingerprint density at radius 2 is 1.57 bits per heavy atom. The molecule has 7 nitrogen and oxygen atoms in total. The van der Waals surface area contributed by atoms with E-state index in [0.717, 1.165) is 16.7 Å². The van der Waals surface area contributed by atoms with Gasteiger partial charge in [-0.05, 0) is 73.3 Å². The van der Waals surface area contributed by atoms with Gasteiger partial charge < -0.3 is 13.9 Å². The SMILES string of the molecule is Cc1cc(C(O[SiH](C)C)C(C)(C)C)cc(C)c1OC(=O)Oc1ccc([N+](=O)[O-])cc1. The van der Waals surface area contributed by atoms with Crippen molar-refractivity contribution < 1.29 is 23.6 Å². The van der Waals surface area contributed by atoms with Crippen LogP contribution < -0.4 is 9.47 Å². The zero-order chi connectivity index (χ0) is 22.6. The van der Waals surface area contributed by atoms with Gasteiger partial charge in [-0.1, -0.05) is 20.8 Å². The van der Waals surface area contributed by atoms with Crippen LogP contribution in [0.4, 0.5) is 10.5 Å². The Balaban J connectivity index is 2.20. The van der Waals surface area contributed by atoms with Crippen LogP contribution in [0.3, 0.4) is 0 Å². The van der Waals surface area contributed by atoms with Crippen molar-refractivity contribution in [3.8, 4) is 11.5 Å². The summed E-state index contributed by atoms with van der Waals surface area (Å²) in [7, 11) is -1.26. The summed E-state index contributed by atoms with van der Waals surface area (Å²) in [5.41, 5.74) is 2.49. The summed E-state index contributed by atoms with van der Waals surface area (Å²) in [5, 5.41) is 10.7. The van der Waals surface area contributed by atoms with Crippen molar-refractivity contribution in [2.24, 2.45) is 5.41 Å². The molecule has 0 aromatic heterocycles. The second-order valence-corrected chi connectivity index (χ2v) is 11.0. The molecular formula is C22H29NO6Si. The van der Waals surface area contributed by atoms with E-state index in [0.29, 0.717) is 5.75 Å². The number of benzene rings is 2. The number of non-ortho nitro benzene ring substituents is 1. The van der Waals surface area contributed by atoms with E-state index >= 15 is 0 Å². The van der Waals surface area contributed by atoms with Crippen molar-refractivity contribution in [2.75, 3.05) is 0 Å². The summed E-state index contributed by atoms with van der Waals surface area (Å²) >= 11 is 0. The first-order valence-electron chi connectivity index (χ1n) is 9.79. The first-order valence-corrected chi connectivity index (χ1v) is 12.6. The first kappa shape index (κ1) is 23.6. The monoisotopic (exact) mass is 431 g/mol. The van der Waals surface area contributed by atoms with Crippen LogP contribution in [0.1, 0.15) is 43.6 Å². The van der Waals surface area contributed by atoms with Gasteiger partial charge in [-0.3, -0.25) is 10.1 Å². The maximum Gasteiger partial charge on any atom is 0.519 e. The highest BCUT2D eigenvalue weighted by molar-refractivity contribution is 6.48. The topological polar surface area (TPSA) is 87.9 Å². The molecule has 0 saturated heterocycles. The smallest absolute Gasteiger partial charge is 0.413 e. The maximum atomic E-state index is 12.2. The summed E-state index contributed by atoms with van der Waals surface area (Å²) in [6.07, 6.45) is -0.955. The van der Waals surface area contributed by atoms with Crippen LogP contribution in [-0.4, -0.2) is 20.1 Å². The van der Waals surface area contributed by atoms with E-state index in [4.69, 9.17) is 13.9 Å². The van der Waals surface area contributed by atoms with Gasteiger partial charge in [0.25, 0.3) is 5.69 Å². The van der Waals surface area contributed by atoms with Gasteiger partial charge in [0.2, 0.25) is 0 Å². The van der Waals surface area contributed by atoms with E-state index in [9.17, 15) is 14.9 Å². The molecule has 0 aliphatic heterocycles. The number of nitro benzene ring substituents is 1. The van der Waals surface area contributed by atoms with Gasteiger partial charge in [0.1, 0.15) is 11.5 Å². The maximum absolute atomic E-state index is 12.2. The third-order valence-corrected chi connectivity index (χ3v) is 5.23. The Labute approximate surface area is 178 Å². The fourth-order valence-electron chi connectivity index (χ4n) is 3.19. The quantitative estimate of drug-likeness (QED) is 0.187. The molecule has 0 aliphatic carbocycles. The number of hydrogen-bond acceptors (Lipinski definition) is 6. The van der Waals surface area contributed by atoms with E-state index in [1.165, 1.54) is 24.3 Å². The fourth-order valence-corrected chi connectivity index (χ4v) is 4.30. The third kappa shape index (κ3) is 6.14. The van der Waals surface area contributed by atoms with Crippen LogP contribution in [0, 0.1) is 29.4 Å². The Bertz CT molecular complexity index is 895. The molecule has 2 aromatic rings. The number of nitro groups is 1. The van der Waals surface area contributed by atoms with Gasteiger partial charge in [0.15, 0.2) is 9.04 Å². The number of rotatable bonds is 6. The largest absolute Gasteiger partial charge is 0.519 e. The molecule has 0 bridgehead atoms. The lowest BCUT2D eigenvalue weighted by Gasteiger charge is -2.33. The van der Waals surface area contributed by atoms with E-state index in [2.05, 4.69) is 33.9 Å². The summed E-state index contributed by atoms with van der Waals surface area (Å²) in [5.74, 6) is 0.598. The molecule has 2 rings (SSSR count). The van der Waals surface area contributed by atoms with Gasteiger partial charge in [0.05, 0.1) is 11.0 Å². The molecule has 0 heterocycles. The van der Waals surface area contributed by atoms with E-state index in [1.54, 1.807) is 0 Å². The highest BCUT2D eigenvalue weighted by atomic mass is 28.3. The second-order valence-electron chi connectivity index (χ2n) is 8.62. The Morgan fingerprint density at radius 3 is 2.00 bits per heavy atom. The van der Waals surface area contributed by atoms with Crippen molar-refractivity contribution in [2.45, 2.75) is 53.8 Å². The van der Waals surface area contributed by atoms with Crippen LogP contribution in [0.5, 0.6) is 11.5 Å². The minimum atomic E-state index is -1.26. The van der Waals surface area contributed by atoms with Crippen LogP contribution in [-0.2, 0) is 4.43 Å². The van der Waals surface area contributed by atoms with E-state index < -0.39 is 20.1 Å². The predicted octanol–water partition coefficient (Wildman–Crippen LogP) is 5.88. The van der Waals surface area contributed by atoms with Gasteiger partial charge in [-0.15, -0.1) is 0 Å². The van der Waals surface area contributed by atoms with Crippen molar-refractivity contribution in [1.29, 1.82) is 0 Å². The lowest BCUT2D eigenvalue weighted by molar-refractivity contribution is -0.384. The molecule has 0 spiro atoms. The molecule has 2 aromatic carbocycles. The number of ether oxygens (including phenoxy) is 2. The average molecular weight is 432 g/mol. The number of carbonyl (C=O) groups is 1. The van der Waals surface area contributed by atoms with Gasteiger partial charge in [-0.2, -0.15) is 0 Å². The summed E-state index contributed by atoms with van der Waals surface area (Å²) < 4.78 is 16.9. The average Bonchev–Trinajstić information content (AvgIpc) is 2.62. The molecule has 0 N–H and O–H groups in total. The summed E-state index contributed by atoms with van der Waals surface area (Å²) in [4.78, 5) is 22.4. The summed E-state index contributed by atoms with van der Waals surface area (Å²) in [6.45, 7) is 14.5. The normalized spacial score (nSPS) is 12.5. The van der Waals surface area contributed by atoms with Gasteiger partial charge in [0, 0.05) is 12.1 Å². The molecule has 30 heavy (non-hydrogen) atoms. The molecule has 8 heteroatoms. The zero-order valence-corrected chi connectivity index (χ0v) is 19.7. The molecule has 0 saturated carbocycles. The third-order valence-electron chi connectivity index (χ3n) is 4.41. The molecule has 0 fully saturated rings. The lowest BCUT2D eigenvalue weighted by atomic mass is 9.84.